The number of benzene rings is 3. The number of carbonyl (C=O) groups is 2. The number of nitrogens with zero attached hydrogens (tertiary/aromatic N) is 4. The molecular formula is C31H34N6O4S. The zero-order chi connectivity index (χ0) is 30.1. The summed E-state index contributed by atoms with van der Waals surface area (Å²) in [6, 6.07) is 22.0. The molecule has 3 aromatic carbocycles. The zero-order valence-corrected chi connectivity index (χ0v) is 24.5. The minimum Gasteiger partial charge on any atom is -0.339 e. The van der Waals surface area contributed by atoms with E-state index in [1.807, 2.05) is 13.0 Å². The van der Waals surface area contributed by atoms with Gasteiger partial charge in [0.15, 0.2) is 0 Å². The summed E-state index contributed by atoms with van der Waals surface area (Å²) in [5.41, 5.74) is 2.73. The number of nitrogens with one attached hydrogen (secondary N) is 2. The van der Waals surface area contributed by atoms with Crippen LogP contribution in [0.15, 0.2) is 100 Å². The number of carbonyl (C=O) groups excluding carboxylic acids is 2. The molecule has 4 rings (SSSR count). The van der Waals surface area contributed by atoms with Gasteiger partial charge in [-0.15, -0.1) is 0 Å². The number of aliphatic imine (C=N–C) groups is 2. The molecule has 0 atom stereocenters. The van der Waals surface area contributed by atoms with Gasteiger partial charge in [0.25, 0.3) is 15.9 Å². The molecule has 42 heavy (non-hydrogen) atoms. The molecule has 10 nitrogen and oxygen atoms in total. The standard InChI is InChI=1S/C31H34N6O4S/c1-4-18-32-31(34-27-14-10-26(11-15-27)30(39)37-21-19-36(20-22-37)24(3)38)33-23(2)25-12-16-29(17-13-25)42(40,41)35-28-8-6-5-7-9-28/h5-18,35H,2,4,19-22H2,1,3H3,(H,33,34)/b32-18-. The largest absolute Gasteiger partial charge is 0.339 e. The molecule has 1 fully saturated rings. The third-order valence-corrected chi connectivity index (χ3v) is 7.96. The predicted octanol–water partition coefficient (Wildman–Crippen LogP) is 4.71. The number of sulfonamides is 1. The summed E-state index contributed by atoms with van der Waals surface area (Å²) >= 11 is 0. The van der Waals surface area contributed by atoms with Gasteiger partial charge in [-0.2, -0.15) is 0 Å². The molecular weight excluding hydrogens is 552 g/mol. The van der Waals surface area contributed by atoms with Crippen LogP contribution in [0.1, 0.15) is 36.2 Å². The van der Waals surface area contributed by atoms with Gasteiger partial charge in [0.1, 0.15) is 0 Å². The van der Waals surface area contributed by atoms with Gasteiger partial charge in [-0.05, 0) is 60.5 Å². The molecule has 0 aromatic heterocycles. The van der Waals surface area contributed by atoms with Gasteiger partial charge in [-0.25, -0.2) is 18.4 Å². The summed E-state index contributed by atoms with van der Waals surface area (Å²) in [6.07, 6.45) is 2.40. The van der Waals surface area contributed by atoms with Crippen LogP contribution in [0.2, 0.25) is 0 Å². The van der Waals surface area contributed by atoms with Crippen molar-refractivity contribution in [2.75, 3.05) is 36.2 Å². The quantitative estimate of drug-likeness (QED) is 0.292. The maximum absolute atomic E-state index is 12.9. The monoisotopic (exact) mass is 586 g/mol. The Bertz CT molecular complexity index is 1580. The van der Waals surface area contributed by atoms with E-state index in [1.54, 1.807) is 76.7 Å². The fourth-order valence-corrected chi connectivity index (χ4v) is 5.30. The number of para-hydroxylation sites is 1. The van der Waals surface area contributed by atoms with Crippen molar-refractivity contribution in [1.29, 1.82) is 0 Å². The minimum atomic E-state index is -3.75. The summed E-state index contributed by atoms with van der Waals surface area (Å²) in [5, 5.41) is 3.16. The van der Waals surface area contributed by atoms with Crippen molar-refractivity contribution in [1.82, 2.24) is 9.80 Å². The number of guanidine groups is 1. The highest BCUT2D eigenvalue weighted by atomic mass is 32.2. The summed E-state index contributed by atoms with van der Waals surface area (Å²) in [7, 11) is -3.75. The van der Waals surface area contributed by atoms with Crippen LogP contribution in [0, 0.1) is 0 Å². The van der Waals surface area contributed by atoms with Crippen LogP contribution in [0.4, 0.5) is 11.4 Å². The van der Waals surface area contributed by atoms with E-state index in [-0.39, 0.29) is 16.7 Å². The van der Waals surface area contributed by atoms with Gasteiger partial charge in [-0.3, -0.25) is 14.3 Å². The van der Waals surface area contributed by atoms with Gasteiger partial charge in [0, 0.05) is 56.3 Å². The van der Waals surface area contributed by atoms with Crippen LogP contribution in [0.25, 0.3) is 5.70 Å². The van der Waals surface area contributed by atoms with E-state index in [1.165, 1.54) is 19.1 Å². The SMILES string of the molecule is C=C(N=C(/N=C\CC)Nc1ccc(C(=O)N2CCN(C(C)=O)CC2)cc1)c1ccc(S(=O)(=O)Nc2ccccc2)cc1. The average molecular weight is 587 g/mol. The highest BCUT2D eigenvalue weighted by Gasteiger charge is 2.23. The number of rotatable bonds is 8. The van der Waals surface area contributed by atoms with Crippen molar-refractivity contribution < 1.29 is 18.0 Å². The van der Waals surface area contributed by atoms with Gasteiger partial charge in [0.05, 0.1) is 10.6 Å². The first-order chi connectivity index (χ1) is 20.2. The molecule has 11 heteroatoms. The fraction of sp³-hybridized carbons (Fsp3) is 0.226. The Balaban J connectivity index is 1.43. The first-order valence-electron chi connectivity index (χ1n) is 13.6. The normalized spacial score (nSPS) is 14.1. The van der Waals surface area contributed by atoms with Gasteiger partial charge < -0.3 is 15.1 Å². The third-order valence-electron chi connectivity index (χ3n) is 6.56. The number of hydrogen-bond acceptors (Lipinski definition) is 5. The average Bonchev–Trinajstić information content (AvgIpc) is 3.00. The number of amides is 2. The molecule has 0 aliphatic carbocycles. The smallest absolute Gasteiger partial charge is 0.261 e. The van der Waals surface area contributed by atoms with Crippen molar-refractivity contribution in [3.8, 4) is 0 Å². The first-order valence-corrected chi connectivity index (χ1v) is 15.0. The molecule has 218 valence electrons. The molecule has 0 saturated carbocycles. The Kier molecular flexibility index (Phi) is 9.87. The van der Waals surface area contributed by atoms with Crippen LogP contribution in [0.3, 0.4) is 0 Å². The lowest BCUT2D eigenvalue weighted by Crippen LogP contribution is -2.50. The van der Waals surface area contributed by atoms with Gasteiger partial charge in [-0.1, -0.05) is 43.8 Å². The molecule has 1 aliphatic heterocycles. The Hall–Kier alpha value is -4.77. The number of hydrogen-bond donors (Lipinski definition) is 2. The van der Waals surface area contributed by atoms with Crippen molar-refractivity contribution in [2.24, 2.45) is 9.98 Å². The topological polar surface area (TPSA) is 124 Å². The Morgan fingerprint density at radius 3 is 2.05 bits per heavy atom. The summed E-state index contributed by atoms with van der Waals surface area (Å²) in [4.78, 5) is 37.0. The molecule has 0 spiro atoms. The lowest BCUT2D eigenvalue weighted by molar-refractivity contribution is -0.130. The highest BCUT2D eigenvalue weighted by Crippen LogP contribution is 2.21. The molecule has 2 N–H and O–H groups in total. The molecule has 0 radical (unpaired) electrons. The Morgan fingerprint density at radius 1 is 0.857 bits per heavy atom. The van der Waals surface area contributed by atoms with Crippen molar-refractivity contribution in [3.63, 3.8) is 0 Å². The van der Waals surface area contributed by atoms with E-state index in [0.717, 1.165) is 0 Å². The van der Waals surface area contributed by atoms with E-state index < -0.39 is 10.0 Å². The van der Waals surface area contributed by atoms with Crippen molar-refractivity contribution >= 4 is 51.1 Å². The van der Waals surface area contributed by atoms with Crippen LogP contribution in [-0.2, 0) is 14.8 Å². The van der Waals surface area contributed by atoms with Crippen LogP contribution >= 0.6 is 0 Å². The Labute approximate surface area is 246 Å². The maximum Gasteiger partial charge on any atom is 0.261 e. The molecule has 1 heterocycles. The number of anilines is 2. The summed E-state index contributed by atoms with van der Waals surface area (Å²) in [5.74, 6) is 0.230. The van der Waals surface area contributed by atoms with Crippen molar-refractivity contribution in [2.45, 2.75) is 25.2 Å². The van der Waals surface area contributed by atoms with E-state index in [9.17, 15) is 18.0 Å². The Morgan fingerprint density at radius 2 is 1.45 bits per heavy atom. The molecule has 0 bridgehead atoms. The van der Waals surface area contributed by atoms with E-state index in [0.29, 0.717) is 66.8 Å². The van der Waals surface area contributed by atoms with E-state index in [4.69, 9.17) is 0 Å². The lowest BCUT2D eigenvalue weighted by atomic mass is 10.1. The second-order valence-corrected chi connectivity index (χ2v) is 11.3. The molecule has 2 amide bonds. The molecule has 3 aromatic rings. The van der Waals surface area contributed by atoms with Crippen LogP contribution < -0.4 is 10.0 Å². The fourth-order valence-electron chi connectivity index (χ4n) is 4.24. The molecule has 1 aliphatic rings. The number of piperazine rings is 1. The van der Waals surface area contributed by atoms with Crippen LogP contribution in [-0.4, -0.2) is 68.4 Å². The van der Waals surface area contributed by atoms with Gasteiger partial charge in [0.2, 0.25) is 11.9 Å². The predicted molar refractivity (Wildman–Crippen MR) is 167 cm³/mol. The minimum absolute atomic E-state index is 0.0181. The van der Waals surface area contributed by atoms with Crippen molar-refractivity contribution in [3.05, 3.63) is 96.6 Å². The van der Waals surface area contributed by atoms with E-state index in [2.05, 4.69) is 26.6 Å². The van der Waals surface area contributed by atoms with Gasteiger partial charge >= 0.3 is 0 Å². The second kappa shape index (κ2) is 13.7. The van der Waals surface area contributed by atoms with Crippen LogP contribution in [0.5, 0.6) is 0 Å². The summed E-state index contributed by atoms with van der Waals surface area (Å²) in [6.45, 7) is 9.59. The third kappa shape index (κ3) is 7.91. The zero-order valence-electron chi connectivity index (χ0n) is 23.7. The maximum atomic E-state index is 12.9. The highest BCUT2D eigenvalue weighted by molar-refractivity contribution is 7.92. The first kappa shape index (κ1) is 30.2. The lowest BCUT2D eigenvalue weighted by Gasteiger charge is -2.34. The molecule has 0 unspecified atom stereocenters. The summed E-state index contributed by atoms with van der Waals surface area (Å²) < 4.78 is 28.1. The van der Waals surface area contributed by atoms with E-state index >= 15 is 0 Å². The molecule has 1 saturated heterocycles. The second-order valence-electron chi connectivity index (χ2n) is 9.60.